The summed E-state index contributed by atoms with van der Waals surface area (Å²) >= 11 is 0. The lowest BCUT2D eigenvalue weighted by Gasteiger charge is -2.55. The fourth-order valence-electron chi connectivity index (χ4n) is 7.47. The lowest BCUT2D eigenvalue weighted by molar-refractivity contribution is -0.186. The number of ketones is 2. The Morgan fingerprint density at radius 3 is 2.55 bits per heavy atom. The SMILES string of the molecule is C=C1C[C@@H]2C(=CC[C@@]3(C)[C@H]2C[C@H](C)[C@]3(OC(C)=O)C(C)=O)[C@@]2(C)CCC(=O)C=C12. The van der Waals surface area contributed by atoms with E-state index in [9.17, 15) is 14.4 Å². The first-order valence-corrected chi connectivity index (χ1v) is 10.8. The van der Waals surface area contributed by atoms with Crippen LogP contribution in [-0.2, 0) is 19.1 Å². The van der Waals surface area contributed by atoms with Gasteiger partial charge in [-0.05, 0) is 56.1 Å². The highest BCUT2D eigenvalue weighted by molar-refractivity contribution is 5.93. The maximum atomic E-state index is 13.0. The average Bonchev–Trinajstić information content (AvgIpc) is 2.85. The van der Waals surface area contributed by atoms with E-state index < -0.39 is 11.0 Å². The molecule has 0 aromatic heterocycles. The van der Waals surface area contributed by atoms with Crippen molar-refractivity contribution in [1.82, 2.24) is 0 Å². The van der Waals surface area contributed by atoms with E-state index in [4.69, 9.17) is 4.74 Å². The zero-order chi connectivity index (χ0) is 21.4. The molecule has 4 heteroatoms. The Labute approximate surface area is 173 Å². The van der Waals surface area contributed by atoms with Crippen LogP contribution in [0.4, 0.5) is 0 Å². The van der Waals surface area contributed by atoms with Gasteiger partial charge in [0.2, 0.25) is 0 Å². The van der Waals surface area contributed by atoms with Gasteiger partial charge in [0.05, 0.1) is 0 Å². The molecule has 0 amide bonds. The van der Waals surface area contributed by atoms with E-state index in [1.807, 2.05) is 6.08 Å². The Bertz CT molecular complexity index is 892. The smallest absolute Gasteiger partial charge is 0.303 e. The molecule has 0 aliphatic heterocycles. The van der Waals surface area contributed by atoms with Crippen molar-refractivity contribution in [1.29, 1.82) is 0 Å². The molecule has 0 saturated heterocycles. The maximum Gasteiger partial charge on any atom is 0.303 e. The van der Waals surface area contributed by atoms with Crippen LogP contribution in [0.2, 0.25) is 0 Å². The zero-order valence-electron chi connectivity index (χ0n) is 18.3. The van der Waals surface area contributed by atoms with Gasteiger partial charge < -0.3 is 4.74 Å². The summed E-state index contributed by atoms with van der Waals surface area (Å²) in [6, 6.07) is 0. The van der Waals surface area contributed by atoms with Gasteiger partial charge in [-0.25, -0.2) is 0 Å². The van der Waals surface area contributed by atoms with Crippen molar-refractivity contribution in [3.63, 3.8) is 0 Å². The molecule has 4 nitrogen and oxygen atoms in total. The van der Waals surface area contributed by atoms with Crippen LogP contribution < -0.4 is 0 Å². The molecule has 156 valence electrons. The van der Waals surface area contributed by atoms with Crippen molar-refractivity contribution in [3.8, 4) is 0 Å². The van der Waals surface area contributed by atoms with Gasteiger partial charge in [-0.15, -0.1) is 0 Å². The summed E-state index contributed by atoms with van der Waals surface area (Å²) in [5, 5.41) is 0. The number of Topliss-reactive ketones (excluding diaryl/α,β-unsaturated/α-hetero) is 1. The minimum Gasteiger partial charge on any atom is -0.450 e. The third kappa shape index (κ3) is 2.47. The number of carbonyl (C=O) groups excluding carboxylic acids is 3. The number of carbonyl (C=O) groups is 3. The van der Waals surface area contributed by atoms with Gasteiger partial charge in [0, 0.05) is 30.1 Å². The van der Waals surface area contributed by atoms with Crippen LogP contribution >= 0.6 is 0 Å². The fraction of sp³-hybridized carbons (Fsp3) is 0.640. The van der Waals surface area contributed by atoms with Crippen LogP contribution in [0, 0.1) is 28.6 Å². The number of allylic oxidation sites excluding steroid dienone is 5. The molecule has 0 unspecified atom stereocenters. The Kier molecular flexibility index (Phi) is 4.39. The molecule has 0 aromatic carbocycles. The molecule has 2 fully saturated rings. The van der Waals surface area contributed by atoms with Gasteiger partial charge in [0.1, 0.15) is 0 Å². The van der Waals surface area contributed by atoms with Gasteiger partial charge in [0.25, 0.3) is 0 Å². The van der Waals surface area contributed by atoms with E-state index in [1.165, 1.54) is 12.5 Å². The van der Waals surface area contributed by atoms with E-state index in [1.54, 1.807) is 6.92 Å². The lowest BCUT2D eigenvalue weighted by atomic mass is 9.49. The third-order valence-electron chi connectivity index (χ3n) is 8.68. The minimum atomic E-state index is -1.08. The summed E-state index contributed by atoms with van der Waals surface area (Å²) in [4.78, 5) is 37.1. The third-order valence-corrected chi connectivity index (χ3v) is 8.68. The van der Waals surface area contributed by atoms with Crippen LogP contribution in [-0.4, -0.2) is 23.1 Å². The van der Waals surface area contributed by atoms with Gasteiger partial charge in [-0.2, -0.15) is 0 Å². The van der Waals surface area contributed by atoms with Crippen LogP contribution in [0.3, 0.4) is 0 Å². The summed E-state index contributed by atoms with van der Waals surface area (Å²) in [5.74, 6) is 0.242. The molecule has 0 aromatic rings. The molecule has 0 spiro atoms. The number of esters is 1. The largest absolute Gasteiger partial charge is 0.450 e. The van der Waals surface area contributed by atoms with Crippen molar-refractivity contribution in [2.75, 3.05) is 0 Å². The van der Waals surface area contributed by atoms with Crippen molar-refractivity contribution in [2.45, 2.75) is 72.3 Å². The highest BCUT2D eigenvalue weighted by Gasteiger charge is 2.69. The molecule has 29 heavy (non-hydrogen) atoms. The Morgan fingerprint density at radius 1 is 1.24 bits per heavy atom. The van der Waals surface area contributed by atoms with E-state index in [2.05, 4.69) is 33.4 Å². The first kappa shape index (κ1) is 20.3. The molecule has 4 aliphatic rings. The Balaban J connectivity index is 1.85. The van der Waals surface area contributed by atoms with E-state index in [0.717, 1.165) is 30.4 Å². The topological polar surface area (TPSA) is 60.4 Å². The molecule has 4 rings (SSSR count). The van der Waals surface area contributed by atoms with Crippen LogP contribution in [0.25, 0.3) is 0 Å². The second-order valence-electron chi connectivity index (χ2n) is 10.2. The average molecular weight is 397 g/mol. The standard InChI is InChI=1S/C25H32O4/c1-14-11-19-20(23(5)9-7-18(28)13-21(14)23)8-10-24(6)22(19)12-15(2)25(24,16(3)26)29-17(4)27/h8,13,15,19,22H,1,7,9-12H2,2-6H3/t15-,19+,22-,23+,24-,25-/m0/s1. The second-order valence-corrected chi connectivity index (χ2v) is 10.2. The van der Waals surface area contributed by atoms with E-state index in [0.29, 0.717) is 12.8 Å². The molecular formula is C25H32O4. The summed E-state index contributed by atoms with van der Waals surface area (Å²) in [7, 11) is 0. The monoisotopic (exact) mass is 396 g/mol. The summed E-state index contributed by atoms with van der Waals surface area (Å²) in [5.41, 5.74) is 1.89. The number of hydrogen-bond acceptors (Lipinski definition) is 4. The predicted octanol–water partition coefficient (Wildman–Crippen LogP) is 4.74. The van der Waals surface area contributed by atoms with Crippen molar-refractivity contribution >= 4 is 17.5 Å². The van der Waals surface area contributed by atoms with Crippen LogP contribution in [0.1, 0.15) is 66.7 Å². The molecule has 0 radical (unpaired) electrons. The fourth-order valence-corrected chi connectivity index (χ4v) is 7.47. The van der Waals surface area contributed by atoms with E-state index >= 15 is 0 Å². The van der Waals surface area contributed by atoms with Gasteiger partial charge >= 0.3 is 5.97 Å². The first-order valence-electron chi connectivity index (χ1n) is 10.8. The van der Waals surface area contributed by atoms with Gasteiger partial charge in [-0.1, -0.05) is 44.6 Å². The number of rotatable bonds is 2. The maximum absolute atomic E-state index is 13.0. The zero-order valence-corrected chi connectivity index (χ0v) is 18.3. The van der Waals surface area contributed by atoms with Crippen molar-refractivity contribution in [2.24, 2.45) is 28.6 Å². The van der Waals surface area contributed by atoms with Crippen molar-refractivity contribution in [3.05, 3.63) is 35.5 Å². The highest BCUT2D eigenvalue weighted by Crippen LogP contribution is 2.68. The number of fused-ring (bicyclic) bond motifs is 5. The molecule has 6 atom stereocenters. The normalized spacial score (nSPS) is 43.6. The summed E-state index contributed by atoms with van der Waals surface area (Å²) in [6.07, 6.45) is 7.88. The van der Waals surface area contributed by atoms with Crippen LogP contribution in [0.5, 0.6) is 0 Å². The Morgan fingerprint density at radius 2 is 1.93 bits per heavy atom. The molecule has 4 aliphatic carbocycles. The van der Waals surface area contributed by atoms with Gasteiger partial charge in [-0.3, -0.25) is 14.4 Å². The van der Waals surface area contributed by atoms with Gasteiger partial charge in [0.15, 0.2) is 17.2 Å². The number of ether oxygens (including phenoxy) is 1. The summed E-state index contributed by atoms with van der Waals surface area (Å²) in [6.45, 7) is 13.8. The predicted molar refractivity (Wildman–Crippen MR) is 111 cm³/mol. The van der Waals surface area contributed by atoms with E-state index in [-0.39, 0.29) is 40.7 Å². The molecule has 0 heterocycles. The first-order chi connectivity index (χ1) is 13.5. The molecular weight excluding hydrogens is 364 g/mol. The summed E-state index contributed by atoms with van der Waals surface area (Å²) < 4.78 is 5.90. The van der Waals surface area contributed by atoms with Crippen molar-refractivity contribution < 1.29 is 19.1 Å². The second kappa shape index (κ2) is 6.26. The van der Waals surface area contributed by atoms with Crippen LogP contribution in [0.15, 0.2) is 35.5 Å². The highest BCUT2D eigenvalue weighted by atomic mass is 16.6. The molecule has 0 N–H and O–H groups in total. The minimum absolute atomic E-state index is 0.0300. The lowest BCUT2D eigenvalue weighted by Crippen LogP contribution is -2.58. The molecule has 0 bridgehead atoms. The number of hydrogen-bond donors (Lipinski definition) is 0. The Hall–Kier alpha value is -1.97. The quantitative estimate of drug-likeness (QED) is 0.500. The molecule has 2 saturated carbocycles.